The van der Waals surface area contributed by atoms with Crippen molar-refractivity contribution < 1.29 is 9.53 Å². The monoisotopic (exact) mass is 260 g/mol. The van der Waals surface area contributed by atoms with Gasteiger partial charge in [-0.05, 0) is 25.5 Å². The average molecular weight is 261 g/mol. The van der Waals surface area contributed by atoms with E-state index in [4.69, 9.17) is 27.9 Å². The number of ketones is 1. The van der Waals surface area contributed by atoms with Crippen LogP contribution in [0.1, 0.15) is 30.1 Å². The molecule has 0 heterocycles. The van der Waals surface area contributed by atoms with E-state index in [1.165, 1.54) is 0 Å². The first-order chi connectivity index (χ1) is 7.66. The zero-order chi connectivity index (χ0) is 12.0. The molecule has 4 heteroatoms. The smallest absolute Gasteiger partial charge is 0.164 e. The van der Waals surface area contributed by atoms with Crippen LogP contribution in [0.3, 0.4) is 0 Å². The Morgan fingerprint density at radius 3 is 2.81 bits per heavy atom. The molecule has 88 valence electrons. The van der Waals surface area contributed by atoms with Crippen molar-refractivity contribution >= 4 is 29.0 Å². The number of carbonyl (C=O) groups excluding carboxylic acids is 1. The summed E-state index contributed by atoms with van der Waals surface area (Å²) >= 11 is 11.8. The van der Waals surface area contributed by atoms with Gasteiger partial charge in [0.1, 0.15) is 0 Å². The van der Waals surface area contributed by atoms with E-state index in [-0.39, 0.29) is 5.78 Å². The molecule has 1 aromatic carbocycles. The lowest BCUT2D eigenvalue weighted by Gasteiger charge is -2.05. The Morgan fingerprint density at radius 1 is 1.38 bits per heavy atom. The number of carbonyl (C=O) groups is 1. The molecule has 0 N–H and O–H groups in total. The first-order valence-corrected chi connectivity index (χ1v) is 5.97. The molecule has 0 aliphatic rings. The summed E-state index contributed by atoms with van der Waals surface area (Å²) in [6.45, 7) is 3.20. The lowest BCUT2D eigenvalue weighted by molar-refractivity contribution is 0.0947. The molecular weight excluding hydrogens is 247 g/mol. The molecule has 0 aromatic heterocycles. The zero-order valence-electron chi connectivity index (χ0n) is 9.13. The van der Waals surface area contributed by atoms with Crippen molar-refractivity contribution in [2.45, 2.75) is 19.8 Å². The van der Waals surface area contributed by atoms with Gasteiger partial charge in [-0.2, -0.15) is 0 Å². The van der Waals surface area contributed by atoms with Crippen LogP contribution in [0, 0.1) is 0 Å². The molecule has 0 saturated heterocycles. The predicted octanol–water partition coefficient (Wildman–Crippen LogP) is 3.99. The molecule has 0 spiro atoms. The molecule has 1 aromatic rings. The number of hydrogen-bond acceptors (Lipinski definition) is 2. The summed E-state index contributed by atoms with van der Waals surface area (Å²) in [4.78, 5) is 11.8. The van der Waals surface area contributed by atoms with E-state index in [9.17, 15) is 4.79 Å². The third kappa shape index (κ3) is 3.78. The van der Waals surface area contributed by atoms with Crippen molar-refractivity contribution in [1.29, 1.82) is 0 Å². The van der Waals surface area contributed by atoms with Crippen molar-refractivity contribution in [3.63, 3.8) is 0 Å². The third-order valence-electron chi connectivity index (χ3n) is 2.15. The Bertz CT molecular complexity index is 364. The average Bonchev–Trinajstić information content (AvgIpc) is 2.28. The Balaban J connectivity index is 2.56. The molecule has 0 amide bonds. The molecule has 0 aliphatic heterocycles. The minimum absolute atomic E-state index is 0.00667. The van der Waals surface area contributed by atoms with Gasteiger partial charge >= 0.3 is 0 Å². The second kappa shape index (κ2) is 6.89. The summed E-state index contributed by atoms with van der Waals surface area (Å²) in [5.41, 5.74) is 0.491. The second-order valence-corrected chi connectivity index (χ2v) is 4.11. The van der Waals surface area contributed by atoms with E-state index in [1.54, 1.807) is 18.2 Å². The summed E-state index contributed by atoms with van der Waals surface area (Å²) in [7, 11) is 0. The molecule has 0 unspecified atom stereocenters. The summed E-state index contributed by atoms with van der Waals surface area (Å²) < 4.78 is 5.16. The molecule has 0 aliphatic carbocycles. The maximum atomic E-state index is 11.8. The van der Waals surface area contributed by atoms with E-state index >= 15 is 0 Å². The highest BCUT2D eigenvalue weighted by molar-refractivity contribution is 6.43. The Hall–Kier alpha value is -0.570. The lowest BCUT2D eigenvalue weighted by Crippen LogP contribution is -2.03. The van der Waals surface area contributed by atoms with Gasteiger partial charge in [-0.3, -0.25) is 4.79 Å². The van der Waals surface area contributed by atoms with Crippen molar-refractivity contribution in [3.8, 4) is 0 Å². The van der Waals surface area contributed by atoms with Crippen LogP contribution in [-0.2, 0) is 4.74 Å². The molecule has 0 radical (unpaired) electrons. The number of halogens is 2. The highest BCUT2D eigenvalue weighted by atomic mass is 35.5. The largest absolute Gasteiger partial charge is 0.382 e. The van der Waals surface area contributed by atoms with Gasteiger partial charge in [-0.25, -0.2) is 0 Å². The van der Waals surface area contributed by atoms with Crippen LogP contribution in [0.4, 0.5) is 0 Å². The summed E-state index contributed by atoms with van der Waals surface area (Å²) in [6.07, 6.45) is 1.13. The van der Waals surface area contributed by atoms with Gasteiger partial charge in [0.25, 0.3) is 0 Å². The van der Waals surface area contributed by atoms with Crippen molar-refractivity contribution in [1.82, 2.24) is 0 Å². The van der Waals surface area contributed by atoms with Gasteiger partial charge in [-0.15, -0.1) is 0 Å². The minimum atomic E-state index is 0.00667. The number of rotatable bonds is 6. The Labute approximate surface area is 106 Å². The van der Waals surface area contributed by atoms with Gasteiger partial charge in [0.05, 0.1) is 10.0 Å². The SMILES string of the molecule is CCOCCCC(=O)c1cccc(Cl)c1Cl. The molecule has 0 saturated carbocycles. The van der Waals surface area contributed by atoms with E-state index in [0.717, 1.165) is 0 Å². The van der Waals surface area contributed by atoms with Crippen LogP contribution in [0.2, 0.25) is 10.0 Å². The zero-order valence-corrected chi connectivity index (χ0v) is 10.6. The first kappa shape index (κ1) is 13.5. The van der Waals surface area contributed by atoms with Crippen LogP contribution in [0.25, 0.3) is 0 Å². The normalized spacial score (nSPS) is 10.4. The van der Waals surface area contributed by atoms with Gasteiger partial charge in [0, 0.05) is 25.2 Å². The quantitative estimate of drug-likeness (QED) is 0.571. The topological polar surface area (TPSA) is 26.3 Å². The maximum absolute atomic E-state index is 11.8. The fraction of sp³-hybridized carbons (Fsp3) is 0.417. The van der Waals surface area contributed by atoms with Gasteiger partial charge in [-0.1, -0.05) is 29.3 Å². The van der Waals surface area contributed by atoms with Gasteiger partial charge in [0.2, 0.25) is 0 Å². The summed E-state index contributed by atoms with van der Waals surface area (Å²) in [5, 5.41) is 0.753. The van der Waals surface area contributed by atoms with E-state index < -0.39 is 0 Å². The second-order valence-electron chi connectivity index (χ2n) is 3.33. The predicted molar refractivity (Wildman–Crippen MR) is 66.5 cm³/mol. The molecule has 2 nitrogen and oxygen atoms in total. The van der Waals surface area contributed by atoms with Crippen LogP contribution in [-0.4, -0.2) is 19.0 Å². The highest BCUT2D eigenvalue weighted by Crippen LogP contribution is 2.26. The van der Waals surface area contributed by atoms with Gasteiger partial charge in [0.15, 0.2) is 5.78 Å². The molecule has 0 fully saturated rings. The minimum Gasteiger partial charge on any atom is -0.382 e. The molecule has 0 bridgehead atoms. The van der Waals surface area contributed by atoms with E-state index in [1.807, 2.05) is 6.92 Å². The summed E-state index contributed by atoms with van der Waals surface area (Å²) in [6, 6.07) is 5.09. The number of hydrogen-bond donors (Lipinski definition) is 0. The molecule has 16 heavy (non-hydrogen) atoms. The maximum Gasteiger partial charge on any atom is 0.164 e. The van der Waals surface area contributed by atoms with E-state index in [0.29, 0.717) is 41.7 Å². The van der Waals surface area contributed by atoms with Crippen LogP contribution < -0.4 is 0 Å². The van der Waals surface area contributed by atoms with Crippen LogP contribution in [0.15, 0.2) is 18.2 Å². The fourth-order valence-electron chi connectivity index (χ4n) is 1.33. The van der Waals surface area contributed by atoms with Crippen LogP contribution in [0.5, 0.6) is 0 Å². The van der Waals surface area contributed by atoms with Crippen LogP contribution >= 0.6 is 23.2 Å². The van der Waals surface area contributed by atoms with Crippen molar-refractivity contribution in [2.24, 2.45) is 0 Å². The molecule has 1 rings (SSSR count). The van der Waals surface area contributed by atoms with Crippen molar-refractivity contribution in [3.05, 3.63) is 33.8 Å². The standard InChI is InChI=1S/C12H14Cl2O2/c1-2-16-8-4-7-11(15)9-5-3-6-10(13)12(9)14/h3,5-6H,2,4,7-8H2,1H3. The fourth-order valence-corrected chi connectivity index (χ4v) is 1.74. The molecular formula is C12H14Cl2O2. The number of Topliss-reactive ketones (excluding diaryl/α,β-unsaturated/α-hetero) is 1. The first-order valence-electron chi connectivity index (χ1n) is 5.21. The molecule has 0 atom stereocenters. The van der Waals surface area contributed by atoms with Gasteiger partial charge < -0.3 is 4.74 Å². The summed E-state index contributed by atoms with van der Waals surface area (Å²) in [5.74, 6) is 0.00667. The Kier molecular flexibility index (Phi) is 5.81. The third-order valence-corrected chi connectivity index (χ3v) is 2.97. The lowest BCUT2D eigenvalue weighted by atomic mass is 10.1. The van der Waals surface area contributed by atoms with Crippen molar-refractivity contribution in [2.75, 3.05) is 13.2 Å². The Morgan fingerprint density at radius 2 is 2.12 bits per heavy atom. The number of ether oxygens (including phenoxy) is 1. The number of benzene rings is 1. The highest BCUT2D eigenvalue weighted by Gasteiger charge is 2.11. The van der Waals surface area contributed by atoms with E-state index in [2.05, 4.69) is 0 Å².